The minimum Gasteiger partial charge on any atom is -0.399 e. The van der Waals surface area contributed by atoms with Crippen LogP contribution >= 0.6 is 0 Å². The van der Waals surface area contributed by atoms with Crippen LogP contribution in [0.5, 0.6) is 0 Å². The number of hydrogen-bond acceptors (Lipinski definition) is 6. The maximum atomic E-state index is 12.0. The second-order valence-corrected chi connectivity index (χ2v) is 11.3. The van der Waals surface area contributed by atoms with E-state index in [0.717, 1.165) is 5.69 Å². The van der Waals surface area contributed by atoms with Crippen molar-refractivity contribution in [3.8, 4) is 0 Å². The Labute approximate surface area is 144 Å². The van der Waals surface area contributed by atoms with E-state index in [9.17, 15) is 16.8 Å². The fourth-order valence-electron chi connectivity index (χ4n) is 3.17. The SMILES string of the molecule is CS(=O)(=O)C1CCC(S(C)(=O)=O)CCN(c2ccc(N)cc2)CC1. The van der Waals surface area contributed by atoms with Gasteiger partial charge in [0.05, 0.1) is 10.5 Å². The summed E-state index contributed by atoms with van der Waals surface area (Å²) in [6.07, 6.45) is 4.26. The molecule has 0 spiro atoms. The van der Waals surface area contributed by atoms with Crippen LogP contribution in [0.2, 0.25) is 0 Å². The molecule has 2 rings (SSSR count). The molecule has 0 aliphatic carbocycles. The van der Waals surface area contributed by atoms with Crippen molar-refractivity contribution in [1.82, 2.24) is 0 Å². The van der Waals surface area contributed by atoms with Gasteiger partial charge in [0.25, 0.3) is 0 Å². The van der Waals surface area contributed by atoms with E-state index in [2.05, 4.69) is 4.90 Å². The van der Waals surface area contributed by atoms with Crippen molar-refractivity contribution in [2.45, 2.75) is 36.2 Å². The molecule has 1 aliphatic heterocycles. The average molecular weight is 375 g/mol. The zero-order valence-electron chi connectivity index (χ0n) is 14.2. The second-order valence-electron chi connectivity index (χ2n) is 6.64. The summed E-state index contributed by atoms with van der Waals surface area (Å²) in [7, 11) is -6.41. The summed E-state index contributed by atoms with van der Waals surface area (Å²) < 4.78 is 48.1. The lowest BCUT2D eigenvalue weighted by molar-refractivity contribution is 0.544. The summed E-state index contributed by atoms with van der Waals surface area (Å²) >= 11 is 0. The summed E-state index contributed by atoms with van der Waals surface area (Å²) in [6.45, 7) is 1.16. The highest BCUT2D eigenvalue weighted by Crippen LogP contribution is 2.25. The van der Waals surface area contributed by atoms with Gasteiger partial charge in [-0.1, -0.05) is 0 Å². The van der Waals surface area contributed by atoms with Gasteiger partial charge in [-0.15, -0.1) is 0 Å². The maximum absolute atomic E-state index is 12.0. The number of sulfone groups is 2. The van der Waals surface area contributed by atoms with Crippen molar-refractivity contribution >= 4 is 31.0 Å². The lowest BCUT2D eigenvalue weighted by Crippen LogP contribution is -2.31. The smallest absolute Gasteiger partial charge is 0.150 e. The van der Waals surface area contributed by atoms with Crippen molar-refractivity contribution < 1.29 is 16.8 Å². The van der Waals surface area contributed by atoms with Gasteiger partial charge in [-0.05, 0) is 49.9 Å². The van der Waals surface area contributed by atoms with Crippen LogP contribution in [-0.2, 0) is 19.7 Å². The predicted molar refractivity (Wildman–Crippen MR) is 98.8 cm³/mol. The van der Waals surface area contributed by atoms with Crippen molar-refractivity contribution in [2.24, 2.45) is 0 Å². The van der Waals surface area contributed by atoms with Gasteiger partial charge in [0, 0.05) is 37.0 Å². The Bertz CT molecular complexity index is 714. The van der Waals surface area contributed by atoms with Crippen molar-refractivity contribution in [3.05, 3.63) is 24.3 Å². The van der Waals surface area contributed by atoms with E-state index in [4.69, 9.17) is 5.73 Å². The van der Waals surface area contributed by atoms with Gasteiger partial charge in [-0.2, -0.15) is 0 Å². The van der Waals surface area contributed by atoms with Crippen molar-refractivity contribution in [2.75, 3.05) is 36.2 Å². The van der Waals surface area contributed by atoms with E-state index in [0.29, 0.717) is 44.5 Å². The molecule has 0 saturated carbocycles. The van der Waals surface area contributed by atoms with E-state index in [1.165, 1.54) is 12.5 Å². The quantitative estimate of drug-likeness (QED) is 0.805. The lowest BCUT2D eigenvalue weighted by Gasteiger charge is -2.26. The molecule has 0 bridgehead atoms. The van der Waals surface area contributed by atoms with Crippen LogP contribution in [-0.4, -0.2) is 52.9 Å². The Morgan fingerprint density at radius 2 is 1.25 bits per heavy atom. The largest absolute Gasteiger partial charge is 0.399 e. The fraction of sp³-hybridized carbons (Fsp3) is 0.625. The second kappa shape index (κ2) is 7.31. The first-order valence-corrected chi connectivity index (χ1v) is 12.0. The molecule has 1 aliphatic rings. The first kappa shape index (κ1) is 19.1. The summed E-state index contributed by atoms with van der Waals surface area (Å²) in [5.41, 5.74) is 7.31. The molecule has 0 radical (unpaired) electrons. The number of nitrogens with zero attached hydrogens (tertiary/aromatic N) is 1. The van der Waals surface area contributed by atoms with Crippen LogP contribution in [0.15, 0.2) is 24.3 Å². The zero-order valence-corrected chi connectivity index (χ0v) is 15.8. The molecule has 2 atom stereocenters. The number of nitrogens with two attached hydrogens (primary N) is 1. The van der Waals surface area contributed by atoms with Gasteiger partial charge < -0.3 is 10.6 Å². The van der Waals surface area contributed by atoms with Gasteiger partial charge >= 0.3 is 0 Å². The normalized spacial score (nSPS) is 24.0. The first-order valence-electron chi connectivity index (χ1n) is 8.05. The number of anilines is 2. The van der Waals surface area contributed by atoms with Crippen molar-refractivity contribution in [1.29, 1.82) is 0 Å². The number of nitrogen functional groups attached to an aromatic ring is 1. The van der Waals surface area contributed by atoms with Crippen LogP contribution in [0.3, 0.4) is 0 Å². The molecule has 1 aromatic rings. The molecule has 0 aromatic heterocycles. The lowest BCUT2D eigenvalue weighted by atomic mass is 10.1. The molecule has 1 saturated heterocycles. The maximum Gasteiger partial charge on any atom is 0.150 e. The van der Waals surface area contributed by atoms with Crippen LogP contribution in [0.4, 0.5) is 11.4 Å². The molecule has 2 N–H and O–H groups in total. The molecule has 1 aromatic carbocycles. The molecule has 6 nitrogen and oxygen atoms in total. The number of hydrogen-bond donors (Lipinski definition) is 1. The number of benzene rings is 1. The van der Waals surface area contributed by atoms with Gasteiger partial charge in [0.15, 0.2) is 0 Å². The van der Waals surface area contributed by atoms with Crippen LogP contribution < -0.4 is 10.6 Å². The van der Waals surface area contributed by atoms with Crippen LogP contribution in [0, 0.1) is 0 Å². The third-order valence-electron chi connectivity index (χ3n) is 4.72. The molecule has 1 fully saturated rings. The Morgan fingerprint density at radius 3 is 1.62 bits per heavy atom. The minimum atomic E-state index is -3.20. The molecule has 0 amide bonds. The summed E-state index contributed by atoms with van der Waals surface area (Å²) in [5, 5.41) is -1.01. The van der Waals surface area contributed by atoms with Gasteiger partial charge in [0.2, 0.25) is 0 Å². The van der Waals surface area contributed by atoms with Gasteiger partial charge in [-0.25, -0.2) is 16.8 Å². The molecule has 2 unspecified atom stereocenters. The Balaban J connectivity index is 2.28. The topological polar surface area (TPSA) is 97.5 Å². The fourth-order valence-corrected chi connectivity index (χ4v) is 5.37. The Morgan fingerprint density at radius 1 is 0.833 bits per heavy atom. The Hall–Kier alpha value is -1.28. The van der Waals surface area contributed by atoms with E-state index >= 15 is 0 Å². The minimum absolute atomic E-state index is 0.395. The molecular formula is C16H26N2O4S2. The molecule has 1 heterocycles. The van der Waals surface area contributed by atoms with Crippen LogP contribution in [0.25, 0.3) is 0 Å². The molecule has 24 heavy (non-hydrogen) atoms. The monoisotopic (exact) mass is 374 g/mol. The van der Waals surface area contributed by atoms with E-state index < -0.39 is 30.2 Å². The van der Waals surface area contributed by atoms with E-state index in [1.807, 2.05) is 12.1 Å². The first-order chi connectivity index (χ1) is 11.1. The van der Waals surface area contributed by atoms with E-state index in [-0.39, 0.29) is 0 Å². The molecular weight excluding hydrogens is 348 g/mol. The van der Waals surface area contributed by atoms with Crippen molar-refractivity contribution in [3.63, 3.8) is 0 Å². The number of rotatable bonds is 3. The van der Waals surface area contributed by atoms with Crippen LogP contribution in [0.1, 0.15) is 25.7 Å². The Kier molecular flexibility index (Phi) is 5.80. The average Bonchev–Trinajstić information content (AvgIpc) is 2.56. The molecule has 136 valence electrons. The summed E-state index contributed by atoms with van der Waals surface area (Å²) in [4.78, 5) is 2.06. The third-order valence-corrected chi connectivity index (χ3v) is 8.09. The third kappa shape index (κ3) is 5.11. The highest BCUT2D eigenvalue weighted by atomic mass is 32.2. The molecule has 8 heteroatoms. The predicted octanol–water partition coefficient (Wildman–Crippen LogP) is 1.48. The summed E-state index contributed by atoms with van der Waals surface area (Å²) in [5.74, 6) is 0. The zero-order chi connectivity index (χ0) is 18.0. The highest BCUT2D eigenvalue weighted by molar-refractivity contribution is 7.91. The van der Waals surface area contributed by atoms with E-state index in [1.54, 1.807) is 12.1 Å². The highest BCUT2D eigenvalue weighted by Gasteiger charge is 2.29. The van der Waals surface area contributed by atoms with Gasteiger partial charge in [0.1, 0.15) is 19.7 Å². The standard InChI is InChI=1S/C16H26N2O4S2/c1-23(19,20)15-7-8-16(24(2,21)22)10-12-18(11-9-15)14-5-3-13(17)4-6-14/h3-6,15-16H,7-12,17H2,1-2H3. The summed E-state index contributed by atoms with van der Waals surface area (Å²) in [6, 6.07) is 7.37. The van der Waals surface area contributed by atoms with Gasteiger partial charge in [-0.3, -0.25) is 0 Å².